The van der Waals surface area contributed by atoms with E-state index >= 15 is 0 Å². The third-order valence-corrected chi connectivity index (χ3v) is 7.66. The average molecular weight is 462 g/mol. The van der Waals surface area contributed by atoms with Gasteiger partial charge in [0, 0.05) is 31.6 Å². The molecule has 5 nitrogen and oxygen atoms in total. The van der Waals surface area contributed by atoms with Gasteiger partial charge < -0.3 is 15.1 Å². The van der Waals surface area contributed by atoms with Crippen LogP contribution >= 0.6 is 0 Å². The van der Waals surface area contributed by atoms with E-state index in [9.17, 15) is 9.59 Å². The maximum atomic E-state index is 13.2. The molecular weight excluding hydrogens is 422 g/mol. The summed E-state index contributed by atoms with van der Waals surface area (Å²) in [5.74, 6) is 0.583. The predicted molar refractivity (Wildman–Crippen MR) is 137 cm³/mol. The molecule has 0 aromatic heterocycles. The van der Waals surface area contributed by atoms with Gasteiger partial charge in [-0.2, -0.15) is 0 Å². The van der Waals surface area contributed by atoms with E-state index < -0.39 is 0 Å². The number of hydrogen-bond donors (Lipinski definition) is 1. The van der Waals surface area contributed by atoms with Crippen LogP contribution in [0.25, 0.3) is 0 Å². The second-order valence-electron chi connectivity index (χ2n) is 9.76. The van der Waals surface area contributed by atoms with Gasteiger partial charge in [-0.25, -0.2) is 0 Å². The number of piperidine rings is 2. The van der Waals surface area contributed by atoms with Gasteiger partial charge in [0.15, 0.2) is 0 Å². The van der Waals surface area contributed by atoms with Crippen LogP contribution in [0.2, 0.25) is 0 Å². The minimum atomic E-state index is -0.0334. The van der Waals surface area contributed by atoms with Gasteiger partial charge in [-0.05, 0) is 62.7 Å². The summed E-state index contributed by atoms with van der Waals surface area (Å²) in [6.07, 6.45) is 5.65. The first-order valence-electron chi connectivity index (χ1n) is 13.0. The minimum Gasteiger partial charge on any atom is -0.356 e. The summed E-state index contributed by atoms with van der Waals surface area (Å²) in [4.78, 5) is 30.4. The van der Waals surface area contributed by atoms with E-state index in [1.807, 2.05) is 36.4 Å². The van der Waals surface area contributed by atoms with Crippen molar-refractivity contribution in [3.8, 4) is 0 Å². The predicted octanol–water partition coefficient (Wildman–Crippen LogP) is 4.24. The molecule has 2 aromatic rings. The molecule has 2 aromatic carbocycles. The molecule has 1 unspecified atom stereocenters. The Hall–Kier alpha value is -2.66. The number of benzene rings is 2. The van der Waals surface area contributed by atoms with Gasteiger partial charge in [-0.3, -0.25) is 9.59 Å². The summed E-state index contributed by atoms with van der Waals surface area (Å²) in [5.41, 5.74) is 2.39. The van der Waals surface area contributed by atoms with Crippen molar-refractivity contribution < 1.29 is 9.59 Å². The van der Waals surface area contributed by atoms with Gasteiger partial charge in [-0.1, -0.05) is 67.6 Å². The molecule has 1 N–H and O–H groups in total. The molecule has 0 saturated carbocycles. The molecule has 2 aliphatic heterocycles. The van der Waals surface area contributed by atoms with Crippen LogP contribution in [0.4, 0.5) is 0 Å². The van der Waals surface area contributed by atoms with Gasteiger partial charge in [-0.15, -0.1) is 0 Å². The molecule has 2 saturated heterocycles. The number of carbonyl (C=O) groups excluding carboxylic acids is 2. The van der Waals surface area contributed by atoms with Crippen molar-refractivity contribution in [3.05, 3.63) is 71.8 Å². The Labute approximate surface area is 204 Å². The number of hydrogen-bond acceptors (Lipinski definition) is 3. The lowest BCUT2D eigenvalue weighted by Crippen LogP contribution is -2.50. The van der Waals surface area contributed by atoms with E-state index in [-0.39, 0.29) is 23.7 Å². The molecule has 0 spiro atoms. The molecule has 182 valence electrons. The molecular formula is C29H39N3O2. The van der Waals surface area contributed by atoms with Crippen LogP contribution < -0.4 is 5.32 Å². The van der Waals surface area contributed by atoms with Crippen molar-refractivity contribution in [2.75, 3.05) is 32.7 Å². The maximum absolute atomic E-state index is 13.2. The summed E-state index contributed by atoms with van der Waals surface area (Å²) >= 11 is 0. The first-order valence-corrected chi connectivity index (χ1v) is 13.0. The molecule has 0 bridgehead atoms. The molecule has 2 aliphatic rings. The van der Waals surface area contributed by atoms with Gasteiger partial charge in [0.05, 0.1) is 5.92 Å². The quantitative estimate of drug-likeness (QED) is 0.640. The zero-order valence-corrected chi connectivity index (χ0v) is 20.5. The van der Waals surface area contributed by atoms with Gasteiger partial charge >= 0.3 is 0 Å². The Bertz CT molecular complexity index is 901. The summed E-state index contributed by atoms with van der Waals surface area (Å²) < 4.78 is 0. The van der Waals surface area contributed by atoms with Crippen LogP contribution in [-0.2, 0) is 16.0 Å². The maximum Gasteiger partial charge on any atom is 0.230 e. The van der Waals surface area contributed by atoms with Gasteiger partial charge in [0.2, 0.25) is 11.8 Å². The SMILES string of the molecule is CCC(C(=O)N1CCC(N2CCC(C(=O)NCCc3ccccc3)CC2)CC1)c1ccccc1. The standard InChI is InChI=1S/C29H39N3O2/c1-2-27(24-11-7-4-8-12-24)29(34)32-21-16-26(17-22-32)31-19-14-25(15-20-31)28(33)30-18-13-23-9-5-3-6-10-23/h3-12,25-27H,2,13-22H2,1H3,(H,30,33). The lowest BCUT2D eigenvalue weighted by molar-refractivity contribution is -0.135. The first-order chi connectivity index (χ1) is 16.7. The number of nitrogens with one attached hydrogen (secondary N) is 1. The van der Waals surface area contributed by atoms with Crippen molar-refractivity contribution in [3.63, 3.8) is 0 Å². The van der Waals surface area contributed by atoms with Crippen molar-refractivity contribution in [1.82, 2.24) is 15.1 Å². The third-order valence-electron chi connectivity index (χ3n) is 7.66. The Morgan fingerprint density at radius 3 is 2.12 bits per heavy atom. The highest BCUT2D eigenvalue weighted by Gasteiger charge is 2.33. The van der Waals surface area contributed by atoms with Crippen molar-refractivity contribution in [2.24, 2.45) is 5.92 Å². The topological polar surface area (TPSA) is 52.7 Å². The van der Waals surface area contributed by atoms with Crippen LogP contribution in [0, 0.1) is 5.92 Å². The highest BCUT2D eigenvalue weighted by atomic mass is 16.2. The fraction of sp³-hybridized carbons (Fsp3) is 0.517. The lowest BCUT2D eigenvalue weighted by atomic mass is 9.91. The van der Waals surface area contributed by atoms with Crippen LogP contribution in [-0.4, -0.2) is 60.4 Å². The smallest absolute Gasteiger partial charge is 0.230 e. The second-order valence-corrected chi connectivity index (χ2v) is 9.76. The molecule has 4 rings (SSSR count). The lowest BCUT2D eigenvalue weighted by Gasteiger charge is -2.42. The fourth-order valence-corrected chi connectivity index (χ4v) is 5.56. The molecule has 34 heavy (non-hydrogen) atoms. The Balaban J connectivity index is 1.18. The van der Waals surface area contributed by atoms with Crippen LogP contribution in [0.1, 0.15) is 56.1 Å². The van der Waals surface area contributed by atoms with E-state index in [1.54, 1.807) is 0 Å². The van der Waals surface area contributed by atoms with Crippen LogP contribution in [0.3, 0.4) is 0 Å². The molecule has 2 heterocycles. The highest BCUT2D eigenvalue weighted by Crippen LogP contribution is 2.27. The summed E-state index contributed by atoms with van der Waals surface area (Å²) in [5, 5.41) is 3.14. The van der Waals surface area contributed by atoms with Gasteiger partial charge in [0.1, 0.15) is 0 Å². The van der Waals surface area contributed by atoms with Crippen LogP contribution in [0.15, 0.2) is 60.7 Å². The molecule has 0 radical (unpaired) electrons. The molecule has 5 heteroatoms. The minimum absolute atomic E-state index is 0.0334. The summed E-state index contributed by atoms with van der Waals surface area (Å²) in [6.45, 7) is 6.45. The Morgan fingerprint density at radius 2 is 1.50 bits per heavy atom. The van der Waals surface area contributed by atoms with Crippen molar-refractivity contribution in [1.29, 1.82) is 0 Å². The van der Waals surface area contributed by atoms with Crippen LogP contribution in [0.5, 0.6) is 0 Å². The first kappa shape index (κ1) is 24.5. The Kier molecular flexibility index (Phi) is 8.75. The third kappa shape index (κ3) is 6.26. The number of nitrogens with zero attached hydrogens (tertiary/aromatic N) is 2. The monoisotopic (exact) mass is 461 g/mol. The molecule has 0 aliphatic carbocycles. The van der Waals surface area contributed by atoms with Crippen molar-refractivity contribution in [2.45, 2.75) is 57.4 Å². The number of amides is 2. The largest absolute Gasteiger partial charge is 0.356 e. The highest BCUT2D eigenvalue weighted by molar-refractivity contribution is 5.83. The van der Waals surface area contributed by atoms with E-state index in [0.717, 1.165) is 70.3 Å². The molecule has 1 atom stereocenters. The fourth-order valence-electron chi connectivity index (χ4n) is 5.56. The summed E-state index contributed by atoms with van der Waals surface area (Å²) in [7, 11) is 0. The number of carbonyl (C=O) groups is 2. The van der Waals surface area contributed by atoms with Gasteiger partial charge in [0.25, 0.3) is 0 Å². The van der Waals surface area contributed by atoms with E-state index in [0.29, 0.717) is 12.6 Å². The molecule has 2 fully saturated rings. The van der Waals surface area contributed by atoms with E-state index in [1.165, 1.54) is 5.56 Å². The zero-order valence-electron chi connectivity index (χ0n) is 20.5. The molecule has 2 amide bonds. The van der Waals surface area contributed by atoms with E-state index in [2.05, 4.69) is 46.3 Å². The van der Waals surface area contributed by atoms with E-state index in [4.69, 9.17) is 0 Å². The average Bonchev–Trinajstić information content (AvgIpc) is 2.90. The Morgan fingerprint density at radius 1 is 0.882 bits per heavy atom. The summed E-state index contributed by atoms with van der Waals surface area (Å²) in [6, 6.07) is 21.0. The number of likely N-dealkylation sites (tertiary alicyclic amines) is 2. The number of rotatable bonds is 8. The van der Waals surface area contributed by atoms with Crippen molar-refractivity contribution >= 4 is 11.8 Å². The zero-order chi connectivity index (χ0) is 23.8. The second kappa shape index (κ2) is 12.2. The normalized spacial score (nSPS) is 19.0.